The first-order valence-corrected chi connectivity index (χ1v) is 7.25. The number of pyridine rings is 1. The third-order valence-electron chi connectivity index (χ3n) is 3.87. The van der Waals surface area contributed by atoms with Gasteiger partial charge < -0.3 is 5.73 Å². The lowest BCUT2D eigenvalue weighted by Gasteiger charge is -2.08. The fourth-order valence-electron chi connectivity index (χ4n) is 2.66. The summed E-state index contributed by atoms with van der Waals surface area (Å²) in [6.07, 6.45) is 4.97. The average molecular weight is 276 g/mol. The summed E-state index contributed by atoms with van der Waals surface area (Å²) >= 11 is 0. The first-order chi connectivity index (χ1) is 10.3. The Balaban J connectivity index is 1.74. The monoisotopic (exact) mass is 276 g/mol. The van der Waals surface area contributed by atoms with Crippen molar-refractivity contribution in [2.45, 2.75) is 25.2 Å². The third-order valence-corrected chi connectivity index (χ3v) is 3.87. The molecule has 0 saturated heterocycles. The molecular formula is C17H16N4. The first-order valence-electron chi connectivity index (χ1n) is 7.25. The van der Waals surface area contributed by atoms with Gasteiger partial charge in [0.2, 0.25) is 0 Å². The minimum atomic E-state index is 0.515. The molecule has 0 atom stereocenters. The summed E-state index contributed by atoms with van der Waals surface area (Å²) in [4.78, 5) is 13.4. The Kier molecular flexibility index (Phi) is 2.81. The van der Waals surface area contributed by atoms with Crippen molar-refractivity contribution >= 4 is 16.7 Å². The molecule has 2 N–H and O–H groups in total. The lowest BCUT2D eigenvalue weighted by atomic mass is 10.0. The van der Waals surface area contributed by atoms with Crippen molar-refractivity contribution in [3.05, 3.63) is 59.7 Å². The van der Waals surface area contributed by atoms with Crippen LogP contribution in [0, 0.1) is 0 Å². The minimum Gasteiger partial charge on any atom is -0.384 e. The van der Waals surface area contributed by atoms with Crippen molar-refractivity contribution in [2.24, 2.45) is 0 Å². The number of para-hydroxylation sites is 1. The van der Waals surface area contributed by atoms with Gasteiger partial charge in [-0.25, -0.2) is 9.97 Å². The fraction of sp³-hybridized carbons (Fsp3) is 0.235. The highest BCUT2D eigenvalue weighted by atomic mass is 15.0. The molecule has 4 rings (SSSR count). The highest BCUT2D eigenvalue weighted by molar-refractivity contribution is 5.82. The number of rotatable bonds is 3. The van der Waals surface area contributed by atoms with Crippen molar-refractivity contribution in [1.82, 2.24) is 15.0 Å². The molecule has 3 aromatic rings. The molecular weight excluding hydrogens is 260 g/mol. The van der Waals surface area contributed by atoms with Crippen LogP contribution in [0.3, 0.4) is 0 Å². The van der Waals surface area contributed by atoms with Gasteiger partial charge in [-0.15, -0.1) is 0 Å². The van der Waals surface area contributed by atoms with E-state index in [9.17, 15) is 0 Å². The number of hydrogen-bond donors (Lipinski definition) is 1. The number of nitrogens with two attached hydrogens (primary N) is 1. The topological polar surface area (TPSA) is 64.7 Å². The van der Waals surface area contributed by atoms with E-state index in [0.717, 1.165) is 23.5 Å². The molecule has 0 unspecified atom stereocenters. The molecule has 1 saturated carbocycles. The smallest absolute Gasteiger partial charge is 0.134 e. The molecule has 1 aliphatic carbocycles. The van der Waals surface area contributed by atoms with Crippen LogP contribution in [0.25, 0.3) is 10.9 Å². The Bertz CT molecular complexity index is 803. The minimum absolute atomic E-state index is 0.515. The SMILES string of the molecule is Nc1cc(Cc2ccnc3ccccc23)nc(C2CC2)n1. The van der Waals surface area contributed by atoms with Gasteiger partial charge in [0.15, 0.2) is 0 Å². The van der Waals surface area contributed by atoms with Crippen LogP contribution in [0.15, 0.2) is 42.6 Å². The van der Waals surface area contributed by atoms with Gasteiger partial charge in [-0.2, -0.15) is 0 Å². The Labute approximate surface area is 123 Å². The summed E-state index contributed by atoms with van der Waals surface area (Å²) in [7, 11) is 0. The summed E-state index contributed by atoms with van der Waals surface area (Å²) in [5.74, 6) is 1.99. The van der Waals surface area contributed by atoms with Crippen LogP contribution in [0.4, 0.5) is 5.82 Å². The van der Waals surface area contributed by atoms with E-state index in [1.807, 2.05) is 30.5 Å². The molecule has 1 aromatic carbocycles. The maximum Gasteiger partial charge on any atom is 0.134 e. The van der Waals surface area contributed by atoms with Gasteiger partial charge in [0.05, 0.1) is 11.2 Å². The van der Waals surface area contributed by atoms with E-state index >= 15 is 0 Å². The highest BCUT2D eigenvalue weighted by Crippen LogP contribution is 2.38. The summed E-state index contributed by atoms with van der Waals surface area (Å²) in [5, 5.41) is 1.17. The molecule has 21 heavy (non-hydrogen) atoms. The van der Waals surface area contributed by atoms with Crippen molar-refractivity contribution in [3.8, 4) is 0 Å². The molecule has 2 aromatic heterocycles. The van der Waals surface area contributed by atoms with Crippen molar-refractivity contribution < 1.29 is 0 Å². The standard InChI is InChI=1S/C17H16N4/c18-16-10-13(20-17(21-16)11-5-6-11)9-12-7-8-19-15-4-2-1-3-14(12)15/h1-4,7-8,10-11H,5-6,9H2,(H2,18,20,21). The van der Waals surface area contributed by atoms with Crippen LogP contribution in [-0.2, 0) is 6.42 Å². The molecule has 0 amide bonds. The van der Waals surface area contributed by atoms with Gasteiger partial charge in [-0.1, -0.05) is 18.2 Å². The largest absolute Gasteiger partial charge is 0.384 e. The van der Waals surface area contributed by atoms with Crippen LogP contribution in [0.2, 0.25) is 0 Å². The molecule has 4 heteroatoms. The first kappa shape index (κ1) is 12.3. The zero-order chi connectivity index (χ0) is 14.2. The van der Waals surface area contributed by atoms with Gasteiger partial charge in [0, 0.05) is 30.0 Å². The number of anilines is 1. The molecule has 0 spiro atoms. The number of aromatic nitrogens is 3. The Morgan fingerprint density at radius 3 is 2.81 bits per heavy atom. The lowest BCUT2D eigenvalue weighted by Crippen LogP contribution is -2.03. The zero-order valence-electron chi connectivity index (χ0n) is 11.7. The lowest BCUT2D eigenvalue weighted by molar-refractivity contribution is 0.893. The second-order valence-corrected chi connectivity index (χ2v) is 5.58. The van der Waals surface area contributed by atoms with E-state index in [-0.39, 0.29) is 0 Å². The Morgan fingerprint density at radius 2 is 1.95 bits per heavy atom. The predicted molar refractivity (Wildman–Crippen MR) is 83.0 cm³/mol. The third kappa shape index (κ3) is 2.44. The normalized spacial score (nSPS) is 14.5. The molecule has 0 aliphatic heterocycles. The maximum atomic E-state index is 5.93. The summed E-state index contributed by atoms with van der Waals surface area (Å²) in [5.41, 5.74) is 9.15. The molecule has 104 valence electrons. The van der Waals surface area contributed by atoms with Crippen molar-refractivity contribution in [1.29, 1.82) is 0 Å². The average Bonchev–Trinajstić information content (AvgIpc) is 3.32. The van der Waals surface area contributed by atoms with Crippen LogP contribution in [0.5, 0.6) is 0 Å². The second-order valence-electron chi connectivity index (χ2n) is 5.58. The molecule has 0 bridgehead atoms. The zero-order valence-corrected chi connectivity index (χ0v) is 11.7. The van der Waals surface area contributed by atoms with Crippen LogP contribution >= 0.6 is 0 Å². The van der Waals surface area contributed by atoms with E-state index in [2.05, 4.69) is 27.1 Å². The van der Waals surface area contributed by atoms with E-state index < -0.39 is 0 Å². The number of nitrogens with zero attached hydrogens (tertiary/aromatic N) is 3. The van der Waals surface area contributed by atoms with Gasteiger partial charge in [-0.3, -0.25) is 4.98 Å². The van der Waals surface area contributed by atoms with Gasteiger partial charge in [-0.05, 0) is 30.5 Å². The van der Waals surface area contributed by atoms with Crippen molar-refractivity contribution in [3.63, 3.8) is 0 Å². The number of fused-ring (bicyclic) bond motifs is 1. The van der Waals surface area contributed by atoms with E-state index in [1.165, 1.54) is 23.8 Å². The molecule has 2 heterocycles. The summed E-state index contributed by atoms with van der Waals surface area (Å²) in [6.45, 7) is 0. The van der Waals surface area contributed by atoms with Crippen LogP contribution < -0.4 is 5.73 Å². The van der Waals surface area contributed by atoms with Gasteiger partial charge in [0.25, 0.3) is 0 Å². The maximum absolute atomic E-state index is 5.93. The fourth-order valence-corrected chi connectivity index (χ4v) is 2.66. The van der Waals surface area contributed by atoms with Gasteiger partial charge in [0.1, 0.15) is 11.6 Å². The molecule has 0 radical (unpaired) electrons. The van der Waals surface area contributed by atoms with E-state index in [1.54, 1.807) is 0 Å². The summed E-state index contributed by atoms with van der Waals surface area (Å²) < 4.78 is 0. The van der Waals surface area contributed by atoms with Crippen LogP contribution in [-0.4, -0.2) is 15.0 Å². The quantitative estimate of drug-likeness (QED) is 0.798. The van der Waals surface area contributed by atoms with Gasteiger partial charge >= 0.3 is 0 Å². The molecule has 1 aliphatic rings. The van der Waals surface area contributed by atoms with E-state index in [4.69, 9.17) is 5.73 Å². The number of nitrogen functional groups attached to an aromatic ring is 1. The predicted octanol–water partition coefficient (Wildman–Crippen LogP) is 3.08. The summed E-state index contributed by atoms with van der Waals surface area (Å²) in [6, 6.07) is 12.1. The highest BCUT2D eigenvalue weighted by Gasteiger charge is 2.27. The van der Waals surface area contributed by atoms with Crippen LogP contribution in [0.1, 0.15) is 35.8 Å². The number of benzene rings is 1. The Morgan fingerprint density at radius 1 is 1.10 bits per heavy atom. The molecule has 1 fully saturated rings. The second kappa shape index (κ2) is 4.81. The Hall–Kier alpha value is -2.49. The number of hydrogen-bond acceptors (Lipinski definition) is 4. The molecule has 4 nitrogen and oxygen atoms in total. The van der Waals surface area contributed by atoms with E-state index in [0.29, 0.717) is 11.7 Å². The van der Waals surface area contributed by atoms with Crippen molar-refractivity contribution in [2.75, 3.05) is 5.73 Å².